The van der Waals surface area contributed by atoms with Gasteiger partial charge in [-0.2, -0.15) is 0 Å². The Kier molecular flexibility index (Phi) is 3.13. The molecule has 2 N–H and O–H groups in total. The van der Waals surface area contributed by atoms with Gasteiger partial charge in [-0.3, -0.25) is 4.79 Å². The van der Waals surface area contributed by atoms with E-state index in [1.54, 1.807) is 12.1 Å². The molecular weight excluding hydrogens is 245 g/mol. The van der Waals surface area contributed by atoms with Crippen LogP contribution < -0.4 is 10.9 Å². The van der Waals surface area contributed by atoms with Crippen molar-refractivity contribution in [3.63, 3.8) is 0 Å². The lowest BCUT2D eigenvalue weighted by molar-refractivity contribution is 0.628. The maximum absolute atomic E-state index is 12.9. The van der Waals surface area contributed by atoms with Crippen LogP contribution in [-0.2, 0) is 6.54 Å². The molecule has 0 saturated heterocycles. The van der Waals surface area contributed by atoms with Gasteiger partial charge >= 0.3 is 0 Å². The minimum Gasteiger partial charge on any atom is -0.308 e. The quantitative estimate of drug-likeness (QED) is 0.880. The Morgan fingerprint density at radius 3 is 2.74 bits per heavy atom. The molecule has 0 bridgehead atoms. The summed E-state index contributed by atoms with van der Waals surface area (Å²) in [5.74, 6) is 0.165. The lowest BCUT2D eigenvalue weighted by atomic mass is 10.2. The summed E-state index contributed by atoms with van der Waals surface area (Å²) in [5, 5.41) is 3.31. The molecule has 98 valence electrons. The zero-order valence-electron chi connectivity index (χ0n) is 10.3. The molecule has 1 heterocycles. The molecule has 1 aromatic heterocycles. The van der Waals surface area contributed by atoms with Crippen molar-refractivity contribution in [3.05, 3.63) is 52.2 Å². The Bertz CT molecular complexity index is 632. The Morgan fingerprint density at radius 1 is 1.32 bits per heavy atom. The van der Waals surface area contributed by atoms with Crippen molar-refractivity contribution >= 4 is 0 Å². The second-order valence-electron chi connectivity index (χ2n) is 4.75. The number of aromatic nitrogens is 2. The molecule has 5 heteroatoms. The number of aromatic amines is 1. The molecule has 0 spiro atoms. The number of halogens is 1. The lowest BCUT2D eigenvalue weighted by Crippen LogP contribution is -2.19. The highest BCUT2D eigenvalue weighted by molar-refractivity contribution is 5.54. The van der Waals surface area contributed by atoms with Gasteiger partial charge in [-0.1, -0.05) is 0 Å². The minimum absolute atomic E-state index is 0.193. The summed E-state index contributed by atoms with van der Waals surface area (Å²) in [6.07, 6.45) is 2.38. The number of H-pyrrole nitrogens is 1. The van der Waals surface area contributed by atoms with Crippen LogP contribution in [0.15, 0.2) is 35.1 Å². The highest BCUT2D eigenvalue weighted by atomic mass is 19.1. The van der Waals surface area contributed by atoms with E-state index in [9.17, 15) is 9.18 Å². The summed E-state index contributed by atoms with van der Waals surface area (Å²) in [6, 6.07) is 7.96. The van der Waals surface area contributed by atoms with Crippen LogP contribution >= 0.6 is 0 Å². The first-order valence-corrected chi connectivity index (χ1v) is 6.30. The molecule has 2 aromatic rings. The third-order valence-electron chi connectivity index (χ3n) is 3.06. The van der Waals surface area contributed by atoms with E-state index in [4.69, 9.17) is 0 Å². The summed E-state index contributed by atoms with van der Waals surface area (Å²) >= 11 is 0. The van der Waals surface area contributed by atoms with Crippen molar-refractivity contribution in [2.45, 2.75) is 25.4 Å². The molecule has 1 aliphatic rings. The summed E-state index contributed by atoms with van der Waals surface area (Å²) in [7, 11) is 0. The standard InChI is InChI=1S/C14H14FN3O/c15-10-3-1-9(2-4-10)14-17-12(7-13(19)18-14)8-16-11-5-6-11/h1-4,7,11,16H,5-6,8H2,(H,17,18,19). The normalized spacial score (nSPS) is 14.6. The number of benzene rings is 1. The van der Waals surface area contributed by atoms with Gasteiger partial charge in [-0.05, 0) is 37.1 Å². The van der Waals surface area contributed by atoms with Gasteiger partial charge in [0.2, 0.25) is 0 Å². The van der Waals surface area contributed by atoms with Crippen molar-refractivity contribution in [3.8, 4) is 11.4 Å². The Morgan fingerprint density at radius 2 is 2.05 bits per heavy atom. The SMILES string of the molecule is O=c1cc(CNC2CC2)nc(-c2ccc(F)cc2)[nH]1. The van der Waals surface area contributed by atoms with Crippen molar-refractivity contribution in [2.75, 3.05) is 0 Å². The molecule has 3 rings (SSSR count). The highest BCUT2D eigenvalue weighted by Crippen LogP contribution is 2.19. The van der Waals surface area contributed by atoms with Crippen LogP contribution in [0.25, 0.3) is 11.4 Å². The van der Waals surface area contributed by atoms with Crippen molar-refractivity contribution in [2.24, 2.45) is 0 Å². The van der Waals surface area contributed by atoms with E-state index in [2.05, 4.69) is 15.3 Å². The first kappa shape index (κ1) is 12.0. The van der Waals surface area contributed by atoms with E-state index in [1.807, 2.05) is 0 Å². The molecule has 1 fully saturated rings. The van der Waals surface area contributed by atoms with Gasteiger partial charge in [0.25, 0.3) is 5.56 Å². The largest absolute Gasteiger partial charge is 0.308 e. The number of hydrogen-bond donors (Lipinski definition) is 2. The first-order valence-electron chi connectivity index (χ1n) is 6.30. The average Bonchev–Trinajstić information content (AvgIpc) is 3.20. The van der Waals surface area contributed by atoms with Crippen LogP contribution in [0.4, 0.5) is 4.39 Å². The fourth-order valence-electron chi connectivity index (χ4n) is 1.88. The van der Waals surface area contributed by atoms with Gasteiger partial charge in [0.15, 0.2) is 0 Å². The zero-order chi connectivity index (χ0) is 13.2. The van der Waals surface area contributed by atoms with Crippen molar-refractivity contribution in [1.29, 1.82) is 0 Å². The van der Waals surface area contributed by atoms with Crippen LogP contribution in [0.2, 0.25) is 0 Å². The fraction of sp³-hybridized carbons (Fsp3) is 0.286. The number of hydrogen-bond acceptors (Lipinski definition) is 3. The van der Waals surface area contributed by atoms with E-state index in [-0.39, 0.29) is 11.4 Å². The molecule has 1 aliphatic carbocycles. The Hall–Kier alpha value is -2.01. The van der Waals surface area contributed by atoms with Crippen molar-refractivity contribution in [1.82, 2.24) is 15.3 Å². The third kappa shape index (κ3) is 3.06. The molecule has 0 unspecified atom stereocenters. The molecule has 0 atom stereocenters. The lowest BCUT2D eigenvalue weighted by Gasteiger charge is -2.05. The predicted octanol–water partition coefficient (Wildman–Crippen LogP) is 1.83. The smallest absolute Gasteiger partial charge is 0.251 e. The number of rotatable bonds is 4. The zero-order valence-corrected chi connectivity index (χ0v) is 10.3. The van der Waals surface area contributed by atoms with Gasteiger partial charge in [0, 0.05) is 24.2 Å². The summed E-state index contributed by atoms with van der Waals surface area (Å²) in [4.78, 5) is 18.7. The maximum atomic E-state index is 12.9. The summed E-state index contributed by atoms with van der Waals surface area (Å²) in [5.41, 5.74) is 1.21. The fourth-order valence-corrected chi connectivity index (χ4v) is 1.88. The Labute approximate surface area is 109 Å². The van der Waals surface area contributed by atoms with Gasteiger partial charge in [0.05, 0.1) is 5.69 Å². The van der Waals surface area contributed by atoms with E-state index in [0.29, 0.717) is 29.7 Å². The highest BCUT2D eigenvalue weighted by Gasteiger charge is 2.20. The van der Waals surface area contributed by atoms with E-state index < -0.39 is 0 Å². The monoisotopic (exact) mass is 259 g/mol. The van der Waals surface area contributed by atoms with Crippen LogP contribution in [0.3, 0.4) is 0 Å². The molecular formula is C14H14FN3O. The number of nitrogens with zero attached hydrogens (tertiary/aromatic N) is 1. The molecule has 1 saturated carbocycles. The Balaban J connectivity index is 1.87. The van der Waals surface area contributed by atoms with E-state index in [1.165, 1.54) is 31.0 Å². The molecule has 0 aliphatic heterocycles. The second kappa shape index (κ2) is 4.93. The molecule has 0 radical (unpaired) electrons. The first-order chi connectivity index (χ1) is 9.20. The van der Waals surface area contributed by atoms with Gasteiger partial charge in [-0.25, -0.2) is 9.37 Å². The number of nitrogens with one attached hydrogen (secondary N) is 2. The van der Waals surface area contributed by atoms with Crippen LogP contribution in [0.1, 0.15) is 18.5 Å². The van der Waals surface area contributed by atoms with Crippen molar-refractivity contribution < 1.29 is 4.39 Å². The van der Waals surface area contributed by atoms with Crippen LogP contribution in [0, 0.1) is 5.82 Å². The van der Waals surface area contributed by atoms with Gasteiger partial charge in [0.1, 0.15) is 11.6 Å². The summed E-state index contributed by atoms with van der Waals surface area (Å²) in [6.45, 7) is 0.586. The molecule has 19 heavy (non-hydrogen) atoms. The predicted molar refractivity (Wildman–Crippen MR) is 70.1 cm³/mol. The van der Waals surface area contributed by atoms with Crippen LogP contribution in [-0.4, -0.2) is 16.0 Å². The van der Waals surface area contributed by atoms with E-state index >= 15 is 0 Å². The summed E-state index contributed by atoms with van der Waals surface area (Å²) < 4.78 is 12.9. The maximum Gasteiger partial charge on any atom is 0.251 e. The van der Waals surface area contributed by atoms with Crippen LogP contribution in [0.5, 0.6) is 0 Å². The third-order valence-corrected chi connectivity index (χ3v) is 3.06. The minimum atomic E-state index is -0.308. The topological polar surface area (TPSA) is 57.8 Å². The second-order valence-corrected chi connectivity index (χ2v) is 4.75. The van der Waals surface area contributed by atoms with Gasteiger partial charge in [-0.15, -0.1) is 0 Å². The average molecular weight is 259 g/mol. The molecule has 0 amide bonds. The van der Waals surface area contributed by atoms with E-state index in [0.717, 1.165) is 0 Å². The molecule has 4 nitrogen and oxygen atoms in total. The molecule has 1 aromatic carbocycles. The van der Waals surface area contributed by atoms with Gasteiger partial charge < -0.3 is 10.3 Å².